The lowest BCUT2D eigenvalue weighted by atomic mass is 10.0. The van der Waals surface area contributed by atoms with Gasteiger partial charge in [-0.25, -0.2) is 9.37 Å². The number of thiocarbonyl (C=S) groups is 1. The molecule has 2 atom stereocenters. The quantitative estimate of drug-likeness (QED) is 0.130. The number of piperidine rings is 1. The Kier molecular flexibility index (Phi) is 12.5. The second-order valence-corrected chi connectivity index (χ2v) is 15.3. The van der Waals surface area contributed by atoms with Crippen molar-refractivity contribution in [3.05, 3.63) is 71.3 Å². The van der Waals surface area contributed by atoms with Crippen LogP contribution in [0.15, 0.2) is 48.7 Å². The number of aromatic nitrogens is 1. The van der Waals surface area contributed by atoms with Crippen LogP contribution >= 0.6 is 12.2 Å². The molecule has 3 aliphatic heterocycles. The standard InChI is InChI=1S/C40H43F4N9O5S/c1-5-24-16-28(53-38(59)52(37(57)39(53,3)4)29-20-30(40(42,43)44)32(21-45)46-22-29)6-8-33(24)58-15-14-50-10-12-51(13-11-50)23(2)35(55)48-27-18-25(41)17-26(19-27)47-31-7-9-34(54)49-36(31)56/h6,8,16-20,22-23,31,47H,5,7,9-15H2,1-4H3,(H,48,55)(H,49,54,56). The lowest BCUT2D eigenvalue weighted by Crippen LogP contribution is -2.53. The van der Waals surface area contributed by atoms with Crippen LogP contribution in [0.4, 0.5) is 40.3 Å². The summed E-state index contributed by atoms with van der Waals surface area (Å²) in [4.78, 5) is 61.0. The zero-order valence-corrected chi connectivity index (χ0v) is 33.6. The van der Waals surface area contributed by atoms with E-state index >= 15 is 0 Å². The topological polar surface area (TPSA) is 163 Å². The summed E-state index contributed by atoms with van der Waals surface area (Å²) < 4.78 is 61.9. The zero-order chi connectivity index (χ0) is 42.8. The van der Waals surface area contributed by atoms with Crippen molar-refractivity contribution in [3.8, 4) is 11.8 Å². The van der Waals surface area contributed by atoms with Crippen molar-refractivity contribution >= 4 is 63.7 Å². The Hall–Kier alpha value is -5.71. The normalized spacial score (nSPS) is 19.3. The van der Waals surface area contributed by atoms with Gasteiger partial charge in [0.1, 0.15) is 35.8 Å². The Morgan fingerprint density at radius 3 is 2.46 bits per heavy atom. The lowest BCUT2D eigenvalue weighted by molar-refractivity contribution is -0.138. The molecular weight excluding hydrogens is 795 g/mol. The van der Waals surface area contributed by atoms with Crippen LogP contribution in [0.1, 0.15) is 57.4 Å². The maximum absolute atomic E-state index is 14.5. The number of alkyl halides is 3. The lowest BCUT2D eigenvalue weighted by Gasteiger charge is -2.37. The highest BCUT2D eigenvalue weighted by molar-refractivity contribution is 7.81. The number of halogens is 4. The Morgan fingerprint density at radius 1 is 1.08 bits per heavy atom. The van der Waals surface area contributed by atoms with Gasteiger partial charge in [0.15, 0.2) is 10.8 Å². The van der Waals surface area contributed by atoms with Crippen molar-refractivity contribution < 1.29 is 41.5 Å². The Morgan fingerprint density at radius 2 is 1.80 bits per heavy atom. The van der Waals surface area contributed by atoms with Gasteiger partial charge in [0.2, 0.25) is 17.7 Å². The van der Waals surface area contributed by atoms with Crippen molar-refractivity contribution in [1.82, 2.24) is 20.1 Å². The Labute approximate surface area is 343 Å². The fraction of sp³-hybridized carbons (Fsp3) is 0.425. The molecule has 19 heteroatoms. The van der Waals surface area contributed by atoms with Gasteiger partial charge in [0.25, 0.3) is 5.91 Å². The highest BCUT2D eigenvalue weighted by Crippen LogP contribution is 2.40. The molecule has 0 spiro atoms. The highest BCUT2D eigenvalue weighted by Gasteiger charge is 2.51. The van der Waals surface area contributed by atoms with Gasteiger partial charge in [-0.1, -0.05) is 6.92 Å². The summed E-state index contributed by atoms with van der Waals surface area (Å²) in [6.45, 7) is 10.5. The smallest absolute Gasteiger partial charge is 0.419 e. The number of carbonyl (C=O) groups is 4. The minimum absolute atomic E-state index is 0.0382. The van der Waals surface area contributed by atoms with Crippen LogP contribution in [0, 0.1) is 17.1 Å². The van der Waals surface area contributed by atoms with Gasteiger partial charge in [-0.3, -0.25) is 39.2 Å². The van der Waals surface area contributed by atoms with E-state index in [2.05, 4.69) is 25.8 Å². The van der Waals surface area contributed by atoms with Gasteiger partial charge in [0, 0.05) is 56.2 Å². The minimum atomic E-state index is -4.87. The maximum Gasteiger partial charge on any atom is 0.419 e. The highest BCUT2D eigenvalue weighted by atomic mass is 32.1. The van der Waals surface area contributed by atoms with E-state index in [1.54, 1.807) is 43.9 Å². The van der Waals surface area contributed by atoms with E-state index in [4.69, 9.17) is 22.2 Å². The number of piperazine rings is 1. The predicted octanol–water partition coefficient (Wildman–Crippen LogP) is 4.83. The molecule has 4 heterocycles. The molecule has 1 aromatic heterocycles. The number of nitrogens with zero attached hydrogens (tertiary/aromatic N) is 6. The van der Waals surface area contributed by atoms with Crippen molar-refractivity contribution in [1.29, 1.82) is 5.26 Å². The molecule has 3 aromatic rings. The third-order valence-electron chi connectivity index (χ3n) is 10.6. The van der Waals surface area contributed by atoms with Crippen molar-refractivity contribution in [2.45, 2.75) is 70.8 Å². The van der Waals surface area contributed by atoms with Crippen LogP contribution < -0.4 is 30.5 Å². The van der Waals surface area contributed by atoms with Gasteiger partial charge in [-0.05, 0) is 93.9 Å². The fourth-order valence-corrected chi connectivity index (χ4v) is 7.83. The summed E-state index contributed by atoms with van der Waals surface area (Å²) in [7, 11) is 0. The molecule has 0 radical (unpaired) electrons. The summed E-state index contributed by atoms with van der Waals surface area (Å²) in [6.07, 6.45) is -2.83. The monoisotopic (exact) mass is 837 g/mol. The second-order valence-electron chi connectivity index (χ2n) is 14.9. The molecule has 3 saturated heterocycles. The number of nitrogens with one attached hydrogen (secondary N) is 3. The third-order valence-corrected chi connectivity index (χ3v) is 11.0. The van der Waals surface area contributed by atoms with Gasteiger partial charge >= 0.3 is 6.18 Å². The number of hydrogen-bond acceptors (Lipinski definition) is 11. The number of aryl methyl sites for hydroxylation is 1. The van der Waals surface area contributed by atoms with Crippen molar-refractivity contribution in [2.75, 3.05) is 59.8 Å². The summed E-state index contributed by atoms with van der Waals surface area (Å²) in [5.74, 6) is -1.69. The van der Waals surface area contributed by atoms with Gasteiger partial charge in [-0.15, -0.1) is 0 Å². The molecule has 14 nitrogen and oxygen atoms in total. The number of pyridine rings is 1. The second kappa shape index (κ2) is 17.3. The first kappa shape index (κ1) is 42.9. The molecule has 2 aromatic carbocycles. The van der Waals surface area contributed by atoms with Gasteiger partial charge in [-0.2, -0.15) is 18.4 Å². The molecule has 6 rings (SSSR count). The average Bonchev–Trinajstić information content (AvgIpc) is 3.36. The van der Waals surface area contributed by atoms with Crippen LogP contribution in [-0.4, -0.2) is 100 Å². The largest absolute Gasteiger partial charge is 0.492 e. The molecular formula is C40H43F4N9O5S. The maximum atomic E-state index is 14.5. The molecule has 0 aliphatic carbocycles. The summed E-state index contributed by atoms with van der Waals surface area (Å²) >= 11 is 5.67. The number of imide groups is 1. The van der Waals surface area contributed by atoms with Gasteiger partial charge < -0.3 is 20.3 Å². The SMILES string of the molecule is CCc1cc(N2C(=S)N(c3cnc(C#N)c(C(F)(F)F)c3)C(=O)C2(C)C)ccc1OCCN1CCN(C(C)C(=O)Nc2cc(F)cc(NC3CCC(=O)NC3=O)c2)CC1. The van der Waals surface area contributed by atoms with Crippen molar-refractivity contribution in [2.24, 2.45) is 0 Å². The zero-order valence-electron chi connectivity index (χ0n) is 32.8. The van der Waals surface area contributed by atoms with E-state index in [1.165, 1.54) is 18.2 Å². The van der Waals surface area contributed by atoms with E-state index < -0.39 is 52.7 Å². The molecule has 59 heavy (non-hydrogen) atoms. The number of amides is 4. The summed E-state index contributed by atoms with van der Waals surface area (Å²) in [5, 5.41) is 17.1. The van der Waals surface area contributed by atoms with E-state index in [0.29, 0.717) is 68.9 Å². The molecule has 4 amide bonds. The van der Waals surface area contributed by atoms with Crippen LogP contribution in [-0.2, 0) is 31.8 Å². The van der Waals surface area contributed by atoms with Crippen LogP contribution in [0.3, 0.4) is 0 Å². The number of rotatable bonds is 12. The van der Waals surface area contributed by atoms with E-state index in [-0.39, 0.29) is 41.1 Å². The molecule has 2 unspecified atom stereocenters. The van der Waals surface area contributed by atoms with Crippen LogP contribution in [0.2, 0.25) is 0 Å². The Bertz CT molecular complexity index is 2210. The first-order chi connectivity index (χ1) is 27.9. The van der Waals surface area contributed by atoms with E-state index in [0.717, 1.165) is 16.7 Å². The minimum Gasteiger partial charge on any atom is -0.492 e. The first-order valence-electron chi connectivity index (χ1n) is 19.0. The molecule has 3 N–H and O–H groups in total. The molecule has 0 saturated carbocycles. The number of hydrogen-bond donors (Lipinski definition) is 3. The van der Waals surface area contributed by atoms with Crippen LogP contribution in [0.25, 0.3) is 0 Å². The average molecular weight is 838 g/mol. The molecule has 312 valence electrons. The number of benzene rings is 2. The number of ether oxygens (including phenoxy) is 1. The fourth-order valence-electron chi connectivity index (χ4n) is 7.31. The molecule has 3 fully saturated rings. The Balaban J connectivity index is 1.02. The van der Waals surface area contributed by atoms with E-state index in [1.807, 2.05) is 17.9 Å². The van der Waals surface area contributed by atoms with Gasteiger partial charge in [0.05, 0.1) is 23.5 Å². The van der Waals surface area contributed by atoms with Crippen LogP contribution in [0.5, 0.6) is 5.75 Å². The summed E-state index contributed by atoms with van der Waals surface area (Å²) in [6, 6.07) is 10.2. The molecule has 0 bridgehead atoms. The number of carbonyl (C=O) groups excluding carboxylic acids is 4. The number of nitriles is 1. The van der Waals surface area contributed by atoms with E-state index in [9.17, 15) is 36.7 Å². The third kappa shape index (κ3) is 9.29. The number of anilines is 4. The summed E-state index contributed by atoms with van der Waals surface area (Å²) in [5.41, 5.74) is -1.62. The predicted molar refractivity (Wildman–Crippen MR) is 214 cm³/mol. The first-order valence-corrected chi connectivity index (χ1v) is 19.4. The molecule has 3 aliphatic rings. The van der Waals surface area contributed by atoms with Crippen molar-refractivity contribution in [3.63, 3.8) is 0 Å².